The SMILES string of the molecule is [CH2]c1c2ccocc-2c(=O)cc1C(F)(F)F. The van der Waals surface area contributed by atoms with Crippen LogP contribution in [0, 0.1) is 6.92 Å². The molecule has 0 aromatic heterocycles. The number of halogens is 3. The highest BCUT2D eigenvalue weighted by Crippen LogP contribution is 2.35. The summed E-state index contributed by atoms with van der Waals surface area (Å²) >= 11 is 0. The van der Waals surface area contributed by atoms with Gasteiger partial charge in [0.25, 0.3) is 0 Å². The first kappa shape index (κ1) is 10.7. The first-order valence-corrected chi connectivity index (χ1v) is 4.33. The molecule has 0 amide bonds. The highest BCUT2D eigenvalue weighted by atomic mass is 19.4. The van der Waals surface area contributed by atoms with E-state index in [0.717, 1.165) is 6.26 Å². The molecule has 83 valence electrons. The average Bonchev–Trinajstić information content (AvgIpc) is 2.22. The molecule has 0 unspecified atom stereocenters. The molecule has 0 aromatic carbocycles. The molecule has 0 bridgehead atoms. The summed E-state index contributed by atoms with van der Waals surface area (Å²) < 4.78 is 42.4. The van der Waals surface area contributed by atoms with E-state index >= 15 is 0 Å². The van der Waals surface area contributed by atoms with Gasteiger partial charge in [0.15, 0.2) is 5.43 Å². The van der Waals surface area contributed by atoms with E-state index in [-0.39, 0.29) is 16.7 Å². The van der Waals surface area contributed by atoms with Crippen LogP contribution in [0.25, 0.3) is 11.1 Å². The quantitative estimate of drug-likeness (QED) is 0.692. The number of alkyl halides is 3. The predicted molar refractivity (Wildman–Crippen MR) is 51.1 cm³/mol. The molecular weight excluding hydrogens is 221 g/mol. The van der Waals surface area contributed by atoms with Gasteiger partial charge < -0.3 is 4.42 Å². The average molecular weight is 227 g/mol. The van der Waals surface area contributed by atoms with Crippen molar-refractivity contribution in [3.05, 3.63) is 52.9 Å². The molecule has 1 aliphatic heterocycles. The zero-order valence-electron chi connectivity index (χ0n) is 7.97. The van der Waals surface area contributed by atoms with Gasteiger partial charge >= 0.3 is 6.18 Å². The van der Waals surface area contributed by atoms with Crippen LogP contribution in [0.3, 0.4) is 0 Å². The topological polar surface area (TPSA) is 30.2 Å². The lowest BCUT2D eigenvalue weighted by Crippen LogP contribution is -2.16. The minimum absolute atomic E-state index is 0.0977. The number of benzene rings is 1. The fraction of sp³-hybridized carbons (Fsp3) is 0.0909. The maximum atomic E-state index is 12.6. The van der Waals surface area contributed by atoms with Gasteiger partial charge in [-0.2, -0.15) is 13.2 Å². The van der Waals surface area contributed by atoms with E-state index in [1.54, 1.807) is 0 Å². The van der Waals surface area contributed by atoms with Crippen molar-refractivity contribution >= 4 is 0 Å². The van der Waals surface area contributed by atoms with Crippen molar-refractivity contribution in [1.82, 2.24) is 0 Å². The lowest BCUT2D eigenvalue weighted by Gasteiger charge is -2.14. The van der Waals surface area contributed by atoms with Gasteiger partial charge in [-0.25, -0.2) is 0 Å². The van der Waals surface area contributed by atoms with Crippen LogP contribution in [0.5, 0.6) is 0 Å². The molecule has 0 atom stereocenters. The summed E-state index contributed by atoms with van der Waals surface area (Å²) in [5.74, 6) is 0. The van der Waals surface area contributed by atoms with Crippen LogP contribution in [0.1, 0.15) is 11.1 Å². The minimum Gasteiger partial charge on any atom is -0.472 e. The first-order valence-electron chi connectivity index (χ1n) is 4.33. The van der Waals surface area contributed by atoms with Crippen molar-refractivity contribution in [2.75, 3.05) is 0 Å². The molecule has 0 saturated carbocycles. The lowest BCUT2D eigenvalue weighted by molar-refractivity contribution is -0.137. The second kappa shape index (κ2) is 3.37. The Morgan fingerprint density at radius 2 is 1.94 bits per heavy atom. The molecule has 1 aliphatic carbocycles. The molecule has 16 heavy (non-hydrogen) atoms. The van der Waals surface area contributed by atoms with E-state index in [2.05, 4.69) is 6.92 Å². The van der Waals surface area contributed by atoms with Gasteiger partial charge in [0.05, 0.1) is 17.4 Å². The molecule has 0 saturated heterocycles. The third-order valence-corrected chi connectivity index (χ3v) is 2.29. The second-order valence-electron chi connectivity index (χ2n) is 3.28. The Labute approximate surface area is 88.7 Å². The highest BCUT2D eigenvalue weighted by Gasteiger charge is 2.34. The van der Waals surface area contributed by atoms with E-state index < -0.39 is 17.2 Å². The van der Waals surface area contributed by atoms with Crippen molar-refractivity contribution in [2.24, 2.45) is 0 Å². The predicted octanol–water partition coefficient (Wildman–Crippen LogP) is 2.95. The highest BCUT2D eigenvalue weighted by molar-refractivity contribution is 5.70. The van der Waals surface area contributed by atoms with Crippen molar-refractivity contribution in [2.45, 2.75) is 6.18 Å². The largest absolute Gasteiger partial charge is 0.472 e. The van der Waals surface area contributed by atoms with Gasteiger partial charge in [0.2, 0.25) is 0 Å². The first-order chi connectivity index (χ1) is 7.41. The van der Waals surface area contributed by atoms with E-state index in [1.165, 1.54) is 12.3 Å². The zero-order chi connectivity index (χ0) is 11.9. The lowest BCUT2D eigenvalue weighted by atomic mass is 9.96. The van der Waals surface area contributed by atoms with Crippen LogP contribution >= 0.6 is 0 Å². The van der Waals surface area contributed by atoms with E-state index in [9.17, 15) is 18.0 Å². The Kier molecular flexibility index (Phi) is 2.26. The summed E-state index contributed by atoms with van der Waals surface area (Å²) in [5, 5.41) is 0. The maximum absolute atomic E-state index is 12.6. The smallest absolute Gasteiger partial charge is 0.416 e. The van der Waals surface area contributed by atoms with Gasteiger partial charge in [-0.1, -0.05) is 0 Å². The molecule has 5 heteroatoms. The molecule has 1 heterocycles. The van der Waals surface area contributed by atoms with Gasteiger partial charge in [-0.15, -0.1) is 0 Å². The van der Waals surface area contributed by atoms with Crippen molar-refractivity contribution < 1.29 is 17.6 Å². The summed E-state index contributed by atoms with van der Waals surface area (Å²) in [4.78, 5) is 11.4. The summed E-state index contributed by atoms with van der Waals surface area (Å²) in [6.45, 7) is 3.36. The molecular formula is C11H6F3O2. The molecule has 0 N–H and O–H groups in total. The normalized spacial score (nSPS) is 12.0. The number of rotatable bonds is 0. The number of fused-ring (bicyclic) bond motifs is 1. The maximum Gasteiger partial charge on any atom is 0.416 e. The van der Waals surface area contributed by atoms with Crippen molar-refractivity contribution in [3.63, 3.8) is 0 Å². The Morgan fingerprint density at radius 1 is 1.25 bits per heavy atom. The molecule has 0 aromatic rings. The summed E-state index contributed by atoms with van der Waals surface area (Å²) in [6, 6.07) is 1.84. The van der Waals surface area contributed by atoms with Crippen molar-refractivity contribution in [3.8, 4) is 11.1 Å². The van der Waals surface area contributed by atoms with Crippen LogP contribution in [0.15, 0.2) is 33.9 Å². The van der Waals surface area contributed by atoms with Crippen LogP contribution in [-0.2, 0) is 6.18 Å². The third-order valence-electron chi connectivity index (χ3n) is 2.29. The summed E-state index contributed by atoms with van der Waals surface area (Å²) in [5.41, 5.74) is -1.68. The Bertz CT molecular complexity index is 554. The van der Waals surface area contributed by atoms with Crippen molar-refractivity contribution in [1.29, 1.82) is 0 Å². The molecule has 2 nitrogen and oxygen atoms in total. The Hall–Kier alpha value is -1.78. The van der Waals surface area contributed by atoms with Gasteiger partial charge in [-0.05, 0) is 30.2 Å². The van der Waals surface area contributed by atoms with E-state index in [0.29, 0.717) is 6.07 Å². The van der Waals surface area contributed by atoms with Crippen LogP contribution in [0.4, 0.5) is 13.2 Å². The minimum atomic E-state index is -4.57. The Balaban J connectivity index is 2.87. The van der Waals surface area contributed by atoms with Crippen LogP contribution < -0.4 is 5.43 Å². The fourth-order valence-electron chi connectivity index (χ4n) is 1.52. The number of hydrogen-bond donors (Lipinski definition) is 0. The van der Waals surface area contributed by atoms with Gasteiger partial charge in [0, 0.05) is 0 Å². The third kappa shape index (κ3) is 1.58. The molecule has 0 fully saturated rings. The molecule has 2 rings (SSSR count). The zero-order valence-corrected chi connectivity index (χ0v) is 7.97. The summed E-state index contributed by atoms with van der Waals surface area (Å²) in [6.07, 6.45) is -2.25. The number of hydrogen-bond acceptors (Lipinski definition) is 2. The standard InChI is InChI=1S/C11H6F3O2/c1-6-7-2-3-16-5-8(7)10(15)4-9(6)11(12,13)14/h2-5H,1H2. The molecule has 0 spiro atoms. The molecule has 1 radical (unpaired) electrons. The van der Waals surface area contributed by atoms with Crippen LogP contribution in [0.2, 0.25) is 0 Å². The van der Waals surface area contributed by atoms with Gasteiger partial charge in [-0.3, -0.25) is 4.79 Å². The molecule has 2 aliphatic rings. The second-order valence-corrected chi connectivity index (χ2v) is 3.28. The van der Waals surface area contributed by atoms with Crippen LogP contribution in [-0.4, -0.2) is 0 Å². The monoisotopic (exact) mass is 227 g/mol. The van der Waals surface area contributed by atoms with Gasteiger partial charge in [0.1, 0.15) is 6.26 Å². The van der Waals surface area contributed by atoms with E-state index in [4.69, 9.17) is 4.42 Å². The Morgan fingerprint density at radius 3 is 2.56 bits per heavy atom. The summed E-state index contributed by atoms with van der Waals surface area (Å²) in [7, 11) is 0. The fourth-order valence-corrected chi connectivity index (χ4v) is 1.52. The van der Waals surface area contributed by atoms with E-state index in [1.807, 2.05) is 0 Å².